The fourth-order valence-electron chi connectivity index (χ4n) is 4.14. The summed E-state index contributed by atoms with van der Waals surface area (Å²) in [6.45, 7) is 3.33. The molecule has 0 aliphatic carbocycles. The lowest BCUT2D eigenvalue weighted by molar-refractivity contribution is 0.106. The van der Waals surface area contributed by atoms with Gasteiger partial charge in [0, 0.05) is 14.5 Å². The highest BCUT2D eigenvalue weighted by atomic mass is 16.5. The topological polar surface area (TPSA) is 12.5 Å². The molecule has 1 atom stereocenters. The van der Waals surface area contributed by atoms with Crippen LogP contribution < -0.4 is 0 Å². The number of fused-ring (bicyclic) bond motifs is 1. The van der Waals surface area contributed by atoms with Gasteiger partial charge in [0.25, 0.3) is 0 Å². The number of nitrogens with zero attached hydrogens (tertiary/aromatic N) is 1. The normalized spacial score (nSPS) is 23.1. The molecule has 2 nitrogen and oxygen atoms in total. The Hall–Kier alpha value is -1.51. The molecule has 0 N–H and O–H groups in total. The van der Waals surface area contributed by atoms with Gasteiger partial charge in [0.1, 0.15) is 5.60 Å². The number of hydrogen-bond acceptors (Lipinski definition) is 2. The summed E-state index contributed by atoms with van der Waals surface area (Å²) in [7, 11) is 0.179. The Labute approximate surface area is 135 Å². The summed E-state index contributed by atoms with van der Waals surface area (Å²) in [6, 6.07) is 21.9. The molecule has 2 saturated heterocycles. The molecule has 3 radical (unpaired) electrons. The van der Waals surface area contributed by atoms with Gasteiger partial charge in [-0.05, 0) is 37.3 Å². The molecule has 22 heavy (non-hydrogen) atoms. The second-order valence-corrected chi connectivity index (χ2v) is 6.08. The first-order chi connectivity index (χ1) is 10.3. The monoisotopic (exact) mass is 288 g/mol. The maximum Gasteiger partial charge on any atom is 0.380 e. The quantitative estimate of drug-likeness (QED) is 0.787. The summed E-state index contributed by atoms with van der Waals surface area (Å²) in [6.07, 6.45) is 2.47. The van der Waals surface area contributed by atoms with Gasteiger partial charge in [-0.3, -0.25) is 0 Å². The van der Waals surface area contributed by atoms with Crippen molar-refractivity contribution in [3.8, 4) is 0 Å². The van der Waals surface area contributed by atoms with E-state index in [2.05, 4.69) is 72.3 Å². The minimum atomic E-state index is -0.321. The minimum Gasteiger partial charge on any atom is -0.406 e. The van der Waals surface area contributed by atoms with Gasteiger partial charge in [0.2, 0.25) is 0 Å². The summed E-state index contributed by atoms with van der Waals surface area (Å²) in [5.41, 5.74) is 2.23. The van der Waals surface area contributed by atoms with Crippen LogP contribution in [-0.4, -0.2) is 32.9 Å². The van der Waals surface area contributed by atoms with Crippen molar-refractivity contribution in [2.24, 2.45) is 0 Å². The molecule has 2 heterocycles. The Morgan fingerprint density at radius 1 is 1.00 bits per heavy atom. The van der Waals surface area contributed by atoms with Crippen molar-refractivity contribution in [3.63, 3.8) is 0 Å². The fraction of sp³-hybridized carbons (Fsp3) is 0.333. The van der Waals surface area contributed by atoms with E-state index in [0.29, 0.717) is 6.04 Å². The molecule has 2 fully saturated rings. The van der Waals surface area contributed by atoms with E-state index >= 15 is 0 Å². The van der Waals surface area contributed by atoms with Gasteiger partial charge in [0.15, 0.2) is 0 Å². The Bertz CT molecular complexity index is 580. The van der Waals surface area contributed by atoms with E-state index in [4.69, 9.17) is 4.65 Å². The third-order valence-corrected chi connectivity index (χ3v) is 4.99. The largest absolute Gasteiger partial charge is 0.406 e. The lowest BCUT2D eigenvalue weighted by Crippen LogP contribution is -2.41. The Morgan fingerprint density at radius 2 is 1.55 bits per heavy atom. The van der Waals surface area contributed by atoms with Crippen LogP contribution in [0.4, 0.5) is 0 Å². The predicted molar refractivity (Wildman–Crippen MR) is 91.8 cm³/mol. The number of hydrogen-bond donors (Lipinski definition) is 0. The van der Waals surface area contributed by atoms with E-state index in [1.807, 2.05) is 0 Å². The van der Waals surface area contributed by atoms with Gasteiger partial charge >= 0.3 is 7.05 Å². The van der Waals surface area contributed by atoms with Crippen molar-refractivity contribution in [2.45, 2.75) is 31.3 Å². The molecule has 4 heteroatoms. The number of benzene rings is 2. The lowest BCUT2D eigenvalue weighted by Gasteiger charge is -2.36. The van der Waals surface area contributed by atoms with Crippen LogP contribution in [0.1, 0.15) is 24.0 Å². The van der Waals surface area contributed by atoms with Crippen molar-refractivity contribution in [1.82, 2.24) is 4.81 Å². The van der Waals surface area contributed by atoms with Crippen LogP contribution in [0.3, 0.4) is 0 Å². The van der Waals surface area contributed by atoms with Crippen LogP contribution in [0, 0.1) is 0 Å². The van der Waals surface area contributed by atoms with E-state index in [9.17, 15) is 0 Å². The van der Waals surface area contributed by atoms with Crippen molar-refractivity contribution in [1.29, 1.82) is 0 Å². The van der Waals surface area contributed by atoms with Crippen LogP contribution in [-0.2, 0) is 10.3 Å². The van der Waals surface area contributed by atoms with Gasteiger partial charge in [-0.2, -0.15) is 0 Å². The smallest absolute Gasteiger partial charge is 0.380 e. The average Bonchev–Trinajstić information content (AvgIpc) is 3.13. The molecule has 0 amide bonds. The van der Waals surface area contributed by atoms with E-state index in [1.54, 1.807) is 0 Å². The second-order valence-electron chi connectivity index (χ2n) is 6.08. The van der Waals surface area contributed by atoms with Crippen molar-refractivity contribution in [2.75, 3.05) is 6.54 Å². The van der Waals surface area contributed by atoms with Crippen LogP contribution in [0.25, 0.3) is 0 Å². The summed E-state index contributed by atoms with van der Waals surface area (Å²) >= 11 is 0. The fourth-order valence-corrected chi connectivity index (χ4v) is 4.14. The molecule has 0 spiro atoms. The maximum atomic E-state index is 6.61. The van der Waals surface area contributed by atoms with Gasteiger partial charge in [-0.15, -0.1) is 0 Å². The summed E-state index contributed by atoms with van der Waals surface area (Å²) < 4.78 is 6.61. The second kappa shape index (κ2) is 5.94. The van der Waals surface area contributed by atoms with Crippen LogP contribution >= 0.6 is 0 Å². The zero-order valence-corrected chi connectivity index (χ0v) is 13.0. The third-order valence-electron chi connectivity index (χ3n) is 4.99. The Kier molecular flexibility index (Phi) is 4.16. The van der Waals surface area contributed by atoms with E-state index in [0.717, 1.165) is 6.54 Å². The first kappa shape index (κ1) is 15.4. The highest BCUT2D eigenvalue weighted by Gasteiger charge is 2.56. The standard InChI is InChI=1S/C18H20BNO.B/c1-19-20-14-8-13-17(20)18(21-19,15-9-4-2-5-10-15)16-11-6-3-7-12-16;/h2-7,9-12,17H,8,13-14H2,1H3;/t17-;/m1./s1. The van der Waals surface area contributed by atoms with Gasteiger partial charge in [-0.1, -0.05) is 60.7 Å². The molecule has 109 valence electrons. The zero-order valence-electron chi connectivity index (χ0n) is 13.0. The van der Waals surface area contributed by atoms with Crippen LogP contribution in [0.5, 0.6) is 0 Å². The summed E-state index contributed by atoms with van der Waals surface area (Å²) in [5, 5.41) is 0. The SMILES string of the molecule is CB1OC(c2ccccc2)(c2ccccc2)[C@H]2CCCN12.[B]. The molecule has 2 aromatic carbocycles. The first-order valence-corrected chi connectivity index (χ1v) is 7.87. The molecule has 0 saturated carbocycles. The average molecular weight is 288 g/mol. The van der Waals surface area contributed by atoms with E-state index < -0.39 is 0 Å². The molecule has 4 rings (SSSR count). The van der Waals surface area contributed by atoms with Gasteiger partial charge in [-0.25, -0.2) is 0 Å². The zero-order chi connectivity index (χ0) is 14.3. The molecule has 2 aliphatic heterocycles. The molecule has 0 bridgehead atoms. The predicted octanol–water partition coefficient (Wildman–Crippen LogP) is 3.16. The van der Waals surface area contributed by atoms with Crippen molar-refractivity contribution >= 4 is 15.5 Å². The lowest BCUT2D eigenvalue weighted by atomic mass is 9.79. The molecule has 2 aromatic rings. The van der Waals surface area contributed by atoms with Crippen molar-refractivity contribution in [3.05, 3.63) is 71.8 Å². The van der Waals surface area contributed by atoms with Crippen molar-refractivity contribution < 1.29 is 4.65 Å². The molecule has 2 aliphatic rings. The highest BCUT2D eigenvalue weighted by Crippen LogP contribution is 2.48. The molecule has 0 unspecified atom stereocenters. The third kappa shape index (κ3) is 2.13. The molecule has 0 aromatic heterocycles. The minimum absolute atomic E-state index is 0. The summed E-state index contributed by atoms with van der Waals surface area (Å²) in [5.74, 6) is 0. The number of rotatable bonds is 2. The molecular weight excluding hydrogens is 268 g/mol. The van der Waals surface area contributed by atoms with E-state index in [-0.39, 0.29) is 21.1 Å². The Morgan fingerprint density at radius 3 is 2.09 bits per heavy atom. The van der Waals surface area contributed by atoms with E-state index in [1.165, 1.54) is 24.0 Å². The maximum absolute atomic E-state index is 6.61. The Balaban J connectivity index is 0.00000144. The first-order valence-electron chi connectivity index (χ1n) is 7.87. The van der Waals surface area contributed by atoms with Crippen LogP contribution in [0.15, 0.2) is 60.7 Å². The van der Waals surface area contributed by atoms with Gasteiger partial charge < -0.3 is 9.47 Å². The highest BCUT2D eigenvalue weighted by molar-refractivity contribution is 6.48. The molecular formula is C18H20B2NO. The summed E-state index contributed by atoms with van der Waals surface area (Å²) in [4.78, 5) is 2.53. The van der Waals surface area contributed by atoms with Crippen LogP contribution in [0.2, 0.25) is 6.82 Å². The van der Waals surface area contributed by atoms with Gasteiger partial charge in [0.05, 0.1) is 0 Å².